The topological polar surface area (TPSA) is 19.4 Å². The standard InChI is InChI=1S/C14H20ClN3/c15-14-9-12(4-5-16-14)10-17-7-8-18-6-2-1-3-13(18)11-17/h4-5,9,13H,1-3,6-8,10-11H2. The molecular weight excluding hydrogens is 246 g/mol. The number of piperazine rings is 1. The highest BCUT2D eigenvalue weighted by molar-refractivity contribution is 6.29. The minimum Gasteiger partial charge on any atom is -0.298 e. The first-order valence-corrected chi connectivity index (χ1v) is 7.26. The van der Waals surface area contributed by atoms with Crippen LogP contribution in [0.4, 0.5) is 0 Å². The predicted octanol–water partition coefficient (Wildman–Crippen LogP) is 2.41. The number of nitrogens with zero attached hydrogens (tertiary/aromatic N) is 3. The zero-order valence-electron chi connectivity index (χ0n) is 10.7. The van der Waals surface area contributed by atoms with Crippen LogP contribution in [0.2, 0.25) is 5.15 Å². The molecule has 3 heterocycles. The van der Waals surface area contributed by atoms with Crippen molar-refractivity contribution in [2.45, 2.75) is 31.8 Å². The van der Waals surface area contributed by atoms with Crippen LogP contribution in [0.1, 0.15) is 24.8 Å². The molecular formula is C14H20ClN3. The van der Waals surface area contributed by atoms with Crippen LogP contribution in [-0.4, -0.2) is 47.0 Å². The summed E-state index contributed by atoms with van der Waals surface area (Å²) in [6, 6.07) is 4.83. The monoisotopic (exact) mass is 265 g/mol. The van der Waals surface area contributed by atoms with Gasteiger partial charge in [-0.15, -0.1) is 0 Å². The quantitative estimate of drug-likeness (QED) is 0.766. The van der Waals surface area contributed by atoms with E-state index in [1.807, 2.05) is 6.07 Å². The Morgan fingerprint density at radius 3 is 3.11 bits per heavy atom. The van der Waals surface area contributed by atoms with Crippen LogP contribution in [0, 0.1) is 0 Å². The van der Waals surface area contributed by atoms with E-state index in [4.69, 9.17) is 11.6 Å². The van der Waals surface area contributed by atoms with Gasteiger partial charge in [-0.3, -0.25) is 9.80 Å². The SMILES string of the molecule is Clc1cc(CN2CCN3CCCCC3C2)ccn1. The largest absolute Gasteiger partial charge is 0.298 e. The molecule has 0 aliphatic carbocycles. The third-order valence-corrected chi connectivity index (χ3v) is 4.33. The highest BCUT2D eigenvalue weighted by Crippen LogP contribution is 2.22. The summed E-state index contributed by atoms with van der Waals surface area (Å²) in [4.78, 5) is 9.26. The second-order valence-electron chi connectivity index (χ2n) is 5.41. The van der Waals surface area contributed by atoms with Crippen molar-refractivity contribution < 1.29 is 0 Å². The lowest BCUT2D eigenvalue weighted by Gasteiger charge is -2.44. The molecule has 1 aromatic rings. The van der Waals surface area contributed by atoms with Crippen molar-refractivity contribution in [2.75, 3.05) is 26.2 Å². The van der Waals surface area contributed by atoms with Gasteiger partial charge in [-0.05, 0) is 37.1 Å². The van der Waals surface area contributed by atoms with Crippen molar-refractivity contribution in [1.82, 2.24) is 14.8 Å². The minimum absolute atomic E-state index is 0.601. The van der Waals surface area contributed by atoms with Gasteiger partial charge < -0.3 is 0 Å². The Balaban J connectivity index is 1.61. The number of piperidine rings is 1. The minimum atomic E-state index is 0.601. The smallest absolute Gasteiger partial charge is 0.129 e. The zero-order chi connectivity index (χ0) is 12.4. The molecule has 0 spiro atoms. The van der Waals surface area contributed by atoms with Crippen molar-refractivity contribution in [2.24, 2.45) is 0 Å². The van der Waals surface area contributed by atoms with Crippen LogP contribution in [0.3, 0.4) is 0 Å². The van der Waals surface area contributed by atoms with Gasteiger partial charge in [0.15, 0.2) is 0 Å². The number of fused-ring (bicyclic) bond motifs is 1. The van der Waals surface area contributed by atoms with Gasteiger partial charge in [0.25, 0.3) is 0 Å². The molecule has 1 atom stereocenters. The molecule has 3 rings (SSSR count). The molecule has 18 heavy (non-hydrogen) atoms. The van der Waals surface area contributed by atoms with E-state index in [1.54, 1.807) is 6.20 Å². The summed E-state index contributed by atoms with van der Waals surface area (Å²) in [5.74, 6) is 0. The number of hydrogen-bond acceptors (Lipinski definition) is 3. The summed E-state index contributed by atoms with van der Waals surface area (Å²) in [6.07, 6.45) is 5.95. The molecule has 0 saturated carbocycles. The van der Waals surface area contributed by atoms with E-state index in [-0.39, 0.29) is 0 Å². The molecule has 1 unspecified atom stereocenters. The summed E-state index contributed by atoms with van der Waals surface area (Å²) in [5, 5.41) is 0.601. The molecule has 0 N–H and O–H groups in total. The second-order valence-corrected chi connectivity index (χ2v) is 5.79. The molecule has 0 radical (unpaired) electrons. The maximum absolute atomic E-state index is 5.94. The van der Waals surface area contributed by atoms with Gasteiger partial charge in [-0.1, -0.05) is 18.0 Å². The second kappa shape index (κ2) is 5.55. The first-order valence-electron chi connectivity index (χ1n) is 6.88. The van der Waals surface area contributed by atoms with E-state index in [0.717, 1.165) is 12.6 Å². The highest BCUT2D eigenvalue weighted by Gasteiger charge is 2.28. The fourth-order valence-electron chi connectivity index (χ4n) is 3.16. The molecule has 2 aliphatic rings. The van der Waals surface area contributed by atoms with Crippen molar-refractivity contribution in [1.29, 1.82) is 0 Å². The van der Waals surface area contributed by atoms with Crippen molar-refractivity contribution >= 4 is 11.6 Å². The van der Waals surface area contributed by atoms with Gasteiger partial charge >= 0.3 is 0 Å². The first-order chi connectivity index (χ1) is 8.81. The lowest BCUT2D eigenvalue weighted by molar-refractivity contribution is 0.0457. The fraction of sp³-hybridized carbons (Fsp3) is 0.643. The molecule has 0 aromatic carbocycles. The van der Waals surface area contributed by atoms with Crippen LogP contribution in [0.25, 0.3) is 0 Å². The molecule has 0 amide bonds. The first kappa shape index (κ1) is 12.4. The lowest BCUT2D eigenvalue weighted by Crippen LogP contribution is -2.54. The zero-order valence-corrected chi connectivity index (χ0v) is 11.4. The molecule has 98 valence electrons. The van der Waals surface area contributed by atoms with E-state index >= 15 is 0 Å². The van der Waals surface area contributed by atoms with Crippen molar-refractivity contribution in [3.8, 4) is 0 Å². The van der Waals surface area contributed by atoms with Gasteiger partial charge in [-0.25, -0.2) is 4.98 Å². The molecule has 0 bridgehead atoms. The van der Waals surface area contributed by atoms with Crippen molar-refractivity contribution in [3.63, 3.8) is 0 Å². The Kier molecular flexibility index (Phi) is 3.83. The third kappa shape index (κ3) is 2.85. The van der Waals surface area contributed by atoms with E-state index < -0.39 is 0 Å². The Bertz CT molecular complexity index is 410. The molecule has 3 nitrogen and oxygen atoms in total. The maximum atomic E-state index is 5.94. The summed E-state index contributed by atoms with van der Waals surface area (Å²) in [5.41, 5.74) is 1.28. The third-order valence-electron chi connectivity index (χ3n) is 4.12. The van der Waals surface area contributed by atoms with Crippen LogP contribution in [-0.2, 0) is 6.54 Å². The van der Waals surface area contributed by atoms with E-state index in [2.05, 4.69) is 20.9 Å². The molecule has 1 aromatic heterocycles. The Morgan fingerprint density at radius 2 is 2.22 bits per heavy atom. The Hall–Kier alpha value is -0.640. The predicted molar refractivity (Wildman–Crippen MR) is 73.7 cm³/mol. The molecule has 2 aliphatic heterocycles. The van der Waals surface area contributed by atoms with E-state index in [9.17, 15) is 0 Å². The maximum Gasteiger partial charge on any atom is 0.129 e. The summed E-state index contributed by atoms with van der Waals surface area (Å²) in [6.45, 7) is 5.92. The molecule has 2 saturated heterocycles. The van der Waals surface area contributed by atoms with Crippen LogP contribution >= 0.6 is 11.6 Å². The van der Waals surface area contributed by atoms with E-state index in [0.29, 0.717) is 5.15 Å². The number of pyridine rings is 1. The average Bonchev–Trinajstić information content (AvgIpc) is 2.39. The highest BCUT2D eigenvalue weighted by atomic mass is 35.5. The fourth-order valence-corrected chi connectivity index (χ4v) is 3.36. The number of hydrogen-bond donors (Lipinski definition) is 0. The molecule has 2 fully saturated rings. The van der Waals surface area contributed by atoms with Gasteiger partial charge in [0.05, 0.1) is 0 Å². The average molecular weight is 266 g/mol. The number of rotatable bonds is 2. The van der Waals surface area contributed by atoms with Crippen LogP contribution < -0.4 is 0 Å². The van der Waals surface area contributed by atoms with Gasteiger partial charge in [-0.2, -0.15) is 0 Å². The van der Waals surface area contributed by atoms with Crippen LogP contribution in [0.15, 0.2) is 18.3 Å². The van der Waals surface area contributed by atoms with Crippen molar-refractivity contribution in [3.05, 3.63) is 29.0 Å². The summed E-state index contributed by atoms with van der Waals surface area (Å²) >= 11 is 5.94. The lowest BCUT2D eigenvalue weighted by atomic mass is 9.99. The van der Waals surface area contributed by atoms with Gasteiger partial charge in [0.2, 0.25) is 0 Å². The summed E-state index contributed by atoms with van der Waals surface area (Å²) < 4.78 is 0. The van der Waals surface area contributed by atoms with E-state index in [1.165, 1.54) is 51.0 Å². The normalized spacial score (nSPS) is 25.9. The Morgan fingerprint density at radius 1 is 1.28 bits per heavy atom. The Labute approximate surface area is 114 Å². The number of halogens is 1. The number of aromatic nitrogens is 1. The van der Waals surface area contributed by atoms with Gasteiger partial charge in [0.1, 0.15) is 5.15 Å². The van der Waals surface area contributed by atoms with Gasteiger partial charge in [0, 0.05) is 38.4 Å². The molecule has 4 heteroatoms. The summed E-state index contributed by atoms with van der Waals surface area (Å²) in [7, 11) is 0. The van der Waals surface area contributed by atoms with Crippen LogP contribution in [0.5, 0.6) is 0 Å².